The summed E-state index contributed by atoms with van der Waals surface area (Å²) in [5, 5.41) is 4.27. The fourth-order valence-electron chi connectivity index (χ4n) is 2.69. The van der Waals surface area contributed by atoms with Gasteiger partial charge in [-0.3, -0.25) is 0 Å². The second kappa shape index (κ2) is 4.71. The van der Waals surface area contributed by atoms with Crippen molar-refractivity contribution in [2.75, 3.05) is 5.32 Å². The maximum absolute atomic E-state index is 6.29. The first-order chi connectivity index (χ1) is 9.47. The molecule has 20 heavy (non-hydrogen) atoms. The summed E-state index contributed by atoms with van der Waals surface area (Å²) < 4.78 is 6.04. The van der Waals surface area contributed by atoms with E-state index in [0.717, 1.165) is 16.5 Å². The van der Waals surface area contributed by atoms with E-state index in [1.54, 1.807) is 0 Å². The van der Waals surface area contributed by atoms with E-state index in [9.17, 15) is 0 Å². The smallest absolute Gasteiger partial charge is 0.128 e. The Balaban J connectivity index is 1.99. The maximum atomic E-state index is 6.29. The summed E-state index contributed by atoms with van der Waals surface area (Å²) in [6.07, 6.45) is 0. The molecule has 0 radical (unpaired) electrons. The van der Waals surface area contributed by atoms with E-state index in [-0.39, 0.29) is 11.6 Å². The number of aryl methyl sites for hydroxylation is 1. The van der Waals surface area contributed by atoms with Crippen LogP contribution in [0.1, 0.15) is 31.0 Å². The van der Waals surface area contributed by atoms with Crippen LogP contribution in [-0.4, -0.2) is 5.60 Å². The Morgan fingerprint density at radius 1 is 1.15 bits per heavy atom. The van der Waals surface area contributed by atoms with Gasteiger partial charge in [-0.1, -0.05) is 35.9 Å². The number of halogens is 1. The van der Waals surface area contributed by atoms with Gasteiger partial charge >= 0.3 is 0 Å². The maximum Gasteiger partial charge on any atom is 0.128 e. The average Bonchev–Trinajstić information content (AvgIpc) is 2.65. The van der Waals surface area contributed by atoms with Crippen LogP contribution < -0.4 is 10.1 Å². The van der Waals surface area contributed by atoms with E-state index in [0.29, 0.717) is 0 Å². The van der Waals surface area contributed by atoms with E-state index >= 15 is 0 Å². The number of rotatable bonds is 2. The molecule has 1 aliphatic heterocycles. The molecular formula is C17H18ClNO. The summed E-state index contributed by atoms with van der Waals surface area (Å²) in [7, 11) is 0. The quantitative estimate of drug-likeness (QED) is 0.842. The number of para-hydroxylation sites is 1. The third-order valence-electron chi connectivity index (χ3n) is 3.72. The first-order valence-corrected chi connectivity index (χ1v) is 7.16. The van der Waals surface area contributed by atoms with Crippen molar-refractivity contribution >= 4 is 17.3 Å². The molecule has 2 aromatic carbocycles. The third kappa shape index (κ3) is 2.25. The number of ether oxygens (including phenoxy) is 1. The van der Waals surface area contributed by atoms with Crippen molar-refractivity contribution < 1.29 is 4.74 Å². The van der Waals surface area contributed by atoms with E-state index in [1.165, 1.54) is 11.1 Å². The second-order valence-corrected chi connectivity index (χ2v) is 6.21. The highest BCUT2D eigenvalue weighted by Gasteiger charge is 2.41. The van der Waals surface area contributed by atoms with Crippen LogP contribution in [0.3, 0.4) is 0 Å². The molecule has 1 N–H and O–H groups in total. The minimum Gasteiger partial charge on any atom is -0.485 e. The average molecular weight is 288 g/mol. The van der Waals surface area contributed by atoms with Crippen molar-refractivity contribution in [1.82, 2.24) is 0 Å². The van der Waals surface area contributed by atoms with Gasteiger partial charge in [0.25, 0.3) is 0 Å². The molecule has 0 aromatic heterocycles. The van der Waals surface area contributed by atoms with Crippen molar-refractivity contribution in [2.45, 2.75) is 32.4 Å². The number of anilines is 1. The number of benzene rings is 2. The van der Waals surface area contributed by atoms with Crippen LogP contribution >= 0.6 is 11.6 Å². The summed E-state index contributed by atoms with van der Waals surface area (Å²) >= 11 is 6.29. The van der Waals surface area contributed by atoms with Gasteiger partial charge in [-0.25, -0.2) is 0 Å². The molecule has 0 spiro atoms. The number of hydrogen-bond donors (Lipinski definition) is 1. The van der Waals surface area contributed by atoms with Crippen LogP contribution in [0.25, 0.3) is 0 Å². The normalized spacial score (nSPS) is 19.3. The highest BCUT2D eigenvalue weighted by molar-refractivity contribution is 6.33. The van der Waals surface area contributed by atoms with Gasteiger partial charge in [-0.05, 0) is 44.5 Å². The van der Waals surface area contributed by atoms with Crippen molar-refractivity contribution in [3.05, 3.63) is 58.6 Å². The first kappa shape index (κ1) is 13.3. The highest BCUT2D eigenvalue weighted by atomic mass is 35.5. The Labute approximate surface area is 124 Å². The number of nitrogens with one attached hydrogen (secondary N) is 1. The third-order valence-corrected chi connectivity index (χ3v) is 4.05. The standard InChI is InChI=1S/C17H18ClNO/c1-11-8-9-13(18)14(10-11)19-16-12-6-4-5-7-15(12)20-17(16,2)3/h4-10,16,19H,1-3H3. The molecule has 0 saturated carbocycles. The van der Waals surface area contributed by atoms with E-state index in [4.69, 9.17) is 16.3 Å². The lowest BCUT2D eigenvalue weighted by molar-refractivity contribution is 0.118. The number of fused-ring (bicyclic) bond motifs is 1. The topological polar surface area (TPSA) is 21.3 Å². The van der Waals surface area contributed by atoms with Gasteiger partial charge in [0.2, 0.25) is 0 Å². The fraction of sp³-hybridized carbons (Fsp3) is 0.294. The predicted molar refractivity (Wildman–Crippen MR) is 83.7 cm³/mol. The molecule has 1 atom stereocenters. The molecule has 3 rings (SSSR count). The van der Waals surface area contributed by atoms with Gasteiger partial charge in [0, 0.05) is 5.56 Å². The van der Waals surface area contributed by atoms with E-state index in [1.807, 2.05) is 30.3 Å². The van der Waals surface area contributed by atoms with Crippen LogP contribution in [0.15, 0.2) is 42.5 Å². The molecule has 3 heteroatoms. The summed E-state index contributed by atoms with van der Waals surface area (Å²) in [6, 6.07) is 14.2. The molecule has 0 aliphatic carbocycles. The summed E-state index contributed by atoms with van der Waals surface area (Å²) in [4.78, 5) is 0. The minimum atomic E-state index is -0.309. The first-order valence-electron chi connectivity index (χ1n) is 6.78. The van der Waals surface area contributed by atoms with E-state index < -0.39 is 0 Å². The number of hydrogen-bond acceptors (Lipinski definition) is 2. The monoisotopic (exact) mass is 287 g/mol. The molecule has 0 bridgehead atoms. The SMILES string of the molecule is Cc1ccc(Cl)c(NC2c3ccccc3OC2(C)C)c1. The Morgan fingerprint density at radius 2 is 1.90 bits per heavy atom. The zero-order chi connectivity index (χ0) is 14.3. The molecule has 104 valence electrons. The summed E-state index contributed by atoms with van der Waals surface area (Å²) in [6.45, 7) is 6.24. The molecule has 0 saturated heterocycles. The zero-order valence-electron chi connectivity index (χ0n) is 11.9. The lowest BCUT2D eigenvalue weighted by Gasteiger charge is -2.28. The minimum absolute atomic E-state index is 0.0815. The molecule has 1 aliphatic rings. The second-order valence-electron chi connectivity index (χ2n) is 5.80. The van der Waals surface area contributed by atoms with Crippen molar-refractivity contribution in [3.63, 3.8) is 0 Å². The lowest BCUT2D eigenvalue weighted by Crippen LogP contribution is -2.34. The molecule has 2 aromatic rings. The Morgan fingerprint density at radius 3 is 2.70 bits per heavy atom. The van der Waals surface area contributed by atoms with Gasteiger partial charge in [0.15, 0.2) is 0 Å². The van der Waals surface area contributed by atoms with Crippen LogP contribution in [0, 0.1) is 6.92 Å². The fourth-order valence-corrected chi connectivity index (χ4v) is 2.86. The van der Waals surface area contributed by atoms with E-state index in [2.05, 4.69) is 38.2 Å². The van der Waals surface area contributed by atoms with Crippen LogP contribution in [0.4, 0.5) is 5.69 Å². The molecular weight excluding hydrogens is 270 g/mol. The van der Waals surface area contributed by atoms with Gasteiger partial charge in [-0.15, -0.1) is 0 Å². The van der Waals surface area contributed by atoms with Crippen molar-refractivity contribution in [2.24, 2.45) is 0 Å². The predicted octanol–water partition coefficient (Wildman–Crippen LogP) is 4.97. The Bertz CT molecular complexity index is 651. The Kier molecular flexibility index (Phi) is 3.14. The van der Waals surface area contributed by atoms with Gasteiger partial charge < -0.3 is 10.1 Å². The van der Waals surface area contributed by atoms with Gasteiger partial charge in [-0.2, -0.15) is 0 Å². The summed E-state index contributed by atoms with van der Waals surface area (Å²) in [5.74, 6) is 0.943. The van der Waals surface area contributed by atoms with Crippen LogP contribution in [-0.2, 0) is 0 Å². The molecule has 0 fully saturated rings. The van der Waals surface area contributed by atoms with Crippen molar-refractivity contribution in [3.8, 4) is 5.75 Å². The molecule has 1 unspecified atom stereocenters. The lowest BCUT2D eigenvalue weighted by atomic mass is 9.94. The van der Waals surface area contributed by atoms with Gasteiger partial charge in [0.05, 0.1) is 16.8 Å². The van der Waals surface area contributed by atoms with Gasteiger partial charge in [0.1, 0.15) is 11.4 Å². The van der Waals surface area contributed by atoms with Crippen LogP contribution in [0.2, 0.25) is 5.02 Å². The molecule has 2 nitrogen and oxygen atoms in total. The highest BCUT2D eigenvalue weighted by Crippen LogP contribution is 2.45. The van der Waals surface area contributed by atoms with Crippen molar-refractivity contribution in [1.29, 1.82) is 0 Å². The zero-order valence-corrected chi connectivity index (χ0v) is 12.7. The molecule has 1 heterocycles. The molecule has 0 amide bonds. The Hall–Kier alpha value is -1.67. The summed E-state index contributed by atoms with van der Waals surface area (Å²) in [5.41, 5.74) is 3.00. The largest absolute Gasteiger partial charge is 0.485 e. The van der Waals surface area contributed by atoms with Crippen LogP contribution in [0.5, 0.6) is 5.75 Å².